The molecule has 2 aromatic carbocycles. The van der Waals surface area contributed by atoms with Gasteiger partial charge in [0.15, 0.2) is 0 Å². The standard InChI is InChI=1S/C20H17N5O/c26-20(16-7-5-15(6-8-16)14-25-12-2-9-23-25)24-18-4-1-3-17(13-18)19-21-10-11-22-19/h1-13H,14H2,(H,21,22)(H,24,26). The molecule has 128 valence electrons. The lowest BCUT2D eigenvalue weighted by atomic mass is 10.1. The predicted octanol–water partition coefficient (Wildman–Crippen LogP) is 3.57. The van der Waals surface area contributed by atoms with E-state index < -0.39 is 0 Å². The normalized spacial score (nSPS) is 10.6. The Bertz CT molecular complexity index is 989. The zero-order valence-electron chi connectivity index (χ0n) is 14.0. The highest BCUT2D eigenvalue weighted by molar-refractivity contribution is 6.04. The highest BCUT2D eigenvalue weighted by Crippen LogP contribution is 2.19. The van der Waals surface area contributed by atoms with Gasteiger partial charge in [-0.3, -0.25) is 9.48 Å². The van der Waals surface area contributed by atoms with Crippen LogP contribution in [0, 0.1) is 0 Å². The number of rotatable bonds is 5. The molecule has 0 aliphatic rings. The molecule has 0 saturated heterocycles. The fraction of sp³-hybridized carbons (Fsp3) is 0.0500. The van der Waals surface area contributed by atoms with Gasteiger partial charge in [0.2, 0.25) is 0 Å². The van der Waals surface area contributed by atoms with Crippen molar-refractivity contribution < 1.29 is 4.79 Å². The van der Waals surface area contributed by atoms with E-state index in [4.69, 9.17) is 0 Å². The van der Waals surface area contributed by atoms with E-state index in [2.05, 4.69) is 20.4 Å². The van der Waals surface area contributed by atoms with Crippen LogP contribution >= 0.6 is 0 Å². The Hall–Kier alpha value is -3.67. The number of carbonyl (C=O) groups is 1. The molecular formula is C20H17N5O. The van der Waals surface area contributed by atoms with Gasteiger partial charge in [-0.2, -0.15) is 5.10 Å². The zero-order chi connectivity index (χ0) is 17.8. The number of aromatic amines is 1. The molecule has 6 nitrogen and oxygen atoms in total. The monoisotopic (exact) mass is 343 g/mol. The molecule has 2 N–H and O–H groups in total. The van der Waals surface area contributed by atoms with Crippen LogP contribution in [-0.4, -0.2) is 25.7 Å². The van der Waals surface area contributed by atoms with Crippen molar-refractivity contribution in [3.8, 4) is 11.4 Å². The van der Waals surface area contributed by atoms with Crippen LogP contribution in [0.2, 0.25) is 0 Å². The van der Waals surface area contributed by atoms with Gasteiger partial charge in [-0.15, -0.1) is 0 Å². The molecule has 0 bridgehead atoms. The Balaban J connectivity index is 1.45. The molecule has 1 amide bonds. The quantitative estimate of drug-likeness (QED) is 0.582. The summed E-state index contributed by atoms with van der Waals surface area (Å²) < 4.78 is 1.84. The van der Waals surface area contributed by atoms with Gasteiger partial charge in [-0.1, -0.05) is 24.3 Å². The van der Waals surface area contributed by atoms with Crippen molar-refractivity contribution in [2.45, 2.75) is 6.54 Å². The molecule has 4 aromatic rings. The molecule has 2 heterocycles. The van der Waals surface area contributed by atoms with E-state index in [-0.39, 0.29) is 5.91 Å². The number of nitrogens with one attached hydrogen (secondary N) is 2. The van der Waals surface area contributed by atoms with E-state index in [0.717, 1.165) is 22.6 Å². The van der Waals surface area contributed by atoms with Gasteiger partial charge in [-0.25, -0.2) is 4.98 Å². The Morgan fingerprint density at radius 2 is 1.96 bits per heavy atom. The van der Waals surface area contributed by atoms with Gasteiger partial charge in [0.1, 0.15) is 5.82 Å². The molecule has 0 radical (unpaired) electrons. The van der Waals surface area contributed by atoms with Crippen molar-refractivity contribution >= 4 is 11.6 Å². The van der Waals surface area contributed by atoms with Crippen LogP contribution in [0.25, 0.3) is 11.4 Å². The average molecular weight is 343 g/mol. The van der Waals surface area contributed by atoms with Gasteiger partial charge >= 0.3 is 0 Å². The number of hydrogen-bond donors (Lipinski definition) is 2. The van der Waals surface area contributed by atoms with Gasteiger partial charge in [-0.05, 0) is 35.9 Å². The minimum Gasteiger partial charge on any atom is -0.345 e. The summed E-state index contributed by atoms with van der Waals surface area (Å²) in [5.41, 5.74) is 3.34. The molecule has 0 atom stereocenters. The number of carbonyl (C=O) groups excluding carboxylic acids is 1. The van der Waals surface area contributed by atoms with Crippen LogP contribution < -0.4 is 5.32 Å². The fourth-order valence-electron chi connectivity index (χ4n) is 2.71. The van der Waals surface area contributed by atoms with Crippen molar-refractivity contribution in [3.63, 3.8) is 0 Å². The smallest absolute Gasteiger partial charge is 0.255 e. The SMILES string of the molecule is O=C(Nc1cccc(-c2ncc[nH]2)c1)c1ccc(Cn2cccn2)cc1. The molecule has 2 aromatic heterocycles. The average Bonchev–Trinajstić information content (AvgIpc) is 3.37. The highest BCUT2D eigenvalue weighted by Gasteiger charge is 2.08. The van der Waals surface area contributed by atoms with E-state index in [1.54, 1.807) is 18.6 Å². The first-order chi connectivity index (χ1) is 12.8. The summed E-state index contributed by atoms with van der Waals surface area (Å²) in [6, 6.07) is 17.0. The predicted molar refractivity (Wildman–Crippen MR) is 99.7 cm³/mol. The summed E-state index contributed by atoms with van der Waals surface area (Å²) in [6.45, 7) is 0.681. The molecule has 4 rings (SSSR count). The highest BCUT2D eigenvalue weighted by atomic mass is 16.1. The first-order valence-electron chi connectivity index (χ1n) is 8.25. The topological polar surface area (TPSA) is 75.6 Å². The van der Waals surface area contributed by atoms with Gasteiger partial charge in [0.05, 0.1) is 6.54 Å². The minimum atomic E-state index is -0.146. The molecule has 0 aliphatic heterocycles. The van der Waals surface area contributed by atoms with E-state index >= 15 is 0 Å². The zero-order valence-corrected chi connectivity index (χ0v) is 14.0. The number of nitrogens with zero attached hydrogens (tertiary/aromatic N) is 3. The van der Waals surface area contributed by atoms with Crippen molar-refractivity contribution in [1.29, 1.82) is 0 Å². The van der Waals surface area contributed by atoms with Crippen molar-refractivity contribution in [1.82, 2.24) is 19.7 Å². The first kappa shape index (κ1) is 15.8. The lowest BCUT2D eigenvalue weighted by molar-refractivity contribution is 0.102. The third kappa shape index (κ3) is 3.54. The third-order valence-corrected chi connectivity index (χ3v) is 4.01. The molecule has 0 unspecified atom stereocenters. The van der Waals surface area contributed by atoms with Crippen molar-refractivity contribution in [2.75, 3.05) is 5.32 Å². The van der Waals surface area contributed by atoms with E-state index in [9.17, 15) is 4.79 Å². The second kappa shape index (κ2) is 7.06. The van der Waals surface area contributed by atoms with Crippen LogP contribution in [0.3, 0.4) is 0 Å². The number of aromatic nitrogens is 4. The number of benzene rings is 2. The molecule has 0 saturated carbocycles. The Kier molecular flexibility index (Phi) is 4.30. The maximum Gasteiger partial charge on any atom is 0.255 e. The summed E-state index contributed by atoms with van der Waals surface area (Å²) in [5, 5.41) is 7.11. The summed E-state index contributed by atoms with van der Waals surface area (Å²) in [7, 11) is 0. The van der Waals surface area contributed by atoms with Gasteiger partial charge in [0.25, 0.3) is 5.91 Å². The molecule has 0 fully saturated rings. The number of H-pyrrole nitrogens is 1. The first-order valence-corrected chi connectivity index (χ1v) is 8.25. The Morgan fingerprint density at radius 1 is 1.08 bits per heavy atom. The second-order valence-corrected chi connectivity index (χ2v) is 5.87. The lowest BCUT2D eigenvalue weighted by Crippen LogP contribution is -2.12. The summed E-state index contributed by atoms with van der Waals surface area (Å²) in [6.07, 6.45) is 7.13. The summed E-state index contributed by atoms with van der Waals surface area (Å²) in [4.78, 5) is 19.8. The number of anilines is 1. The second-order valence-electron chi connectivity index (χ2n) is 5.87. The number of hydrogen-bond acceptors (Lipinski definition) is 3. The molecule has 0 spiro atoms. The molecule has 6 heteroatoms. The van der Waals surface area contributed by atoms with Gasteiger partial charge in [0, 0.05) is 41.6 Å². The van der Waals surface area contributed by atoms with Crippen LogP contribution in [0.4, 0.5) is 5.69 Å². The Labute approximate surface area is 150 Å². The maximum absolute atomic E-state index is 12.5. The molecule has 26 heavy (non-hydrogen) atoms. The largest absolute Gasteiger partial charge is 0.345 e. The maximum atomic E-state index is 12.5. The number of imidazole rings is 1. The van der Waals surface area contributed by atoms with E-state index in [1.165, 1.54) is 0 Å². The van der Waals surface area contributed by atoms with Crippen molar-refractivity contribution in [3.05, 3.63) is 90.5 Å². The lowest BCUT2D eigenvalue weighted by Gasteiger charge is -2.08. The minimum absolute atomic E-state index is 0.146. The third-order valence-electron chi connectivity index (χ3n) is 4.01. The molecular weight excluding hydrogens is 326 g/mol. The number of amides is 1. The summed E-state index contributed by atoms with van der Waals surface area (Å²) >= 11 is 0. The summed E-state index contributed by atoms with van der Waals surface area (Å²) in [5.74, 6) is 0.622. The van der Waals surface area contributed by atoms with Crippen LogP contribution in [0.15, 0.2) is 79.4 Å². The molecule has 0 aliphatic carbocycles. The van der Waals surface area contributed by atoms with Crippen LogP contribution in [0.1, 0.15) is 15.9 Å². The van der Waals surface area contributed by atoms with E-state index in [1.807, 2.05) is 65.5 Å². The fourth-order valence-corrected chi connectivity index (χ4v) is 2.71. The van der Waals surface area contributed by atoms with E-state index in [0.29, 0.717) is 12.1 Å². The van der Waals surface area contributed by atoms with Crippen LogP contribution in [-0.2, 0) is 6.54 Å². The van der Waals surface area contributed by atoms with Gasteiger partial charge < -0.3 is 10.3 Å². The Morgan fingerprint density at radius 3 is 2.69 bits per heavy atom. The van der Waals surface area contributed by atoms with Crippen molar-refractivity contribution in [2.24, 2.45) is 0 Å². The van der Waals surface area contributed by atoms with Crippen LogP contribution in [0.5, 0.6) is 0 Å².